The zero-order valence-corrected chi connectivity index (χ0v) is 18.0. The molecular weight excluding hydrogens is 398 g/mol. The van der Waals surface area contributed by atoms with Gasteiger partial charge in [0.25, 0.3) is 11.7 Å². The molecule has 1 atom stereocenters. The van der Waals surface area contributed by atoms with Gasteiger partial charge in [-0.1, -0.05) is 24.3 Å². The van der Waals surface area contributed by atoms with E-state index in [0.717, 1.165) is 0 Å². The van der Waals surface area contributed by atoms with E-state index in [4.69, 9.17) is 14.2 Å². The first-order valence-electron chi connectivity index (χ1n) is 10.2. The van der Waals surface area contributed by atoms with Crippen LogP contribution in [0.2, 0.25) is 0 Å². The van der Waals surface area contributed by atoms with E-state index in [1.165, 1.54) is 12.0 Å². The van der Waals surface area contributed by atoms with Crippen LogP contribution in [0.5, 0.6) is 11.5 Å². The van der Waals surface area contributed by atoms with Gasteiger partial charge in [-0.15, -0.1) is 0 Å². The molecule has 164 valence electrons. The van der Waals surface area contributed by atoms with Crippen LogP contribution < -0.4 is 9.47 Å². The topological polar surface area (TPSA) is 85.3 Å². The van der Waals surface area contributed by atoms with Crippen LogP contribution in [0.15, 0.2) is 54.1 Å². The molecule has 0 radical (unpaired) electrons. The fourth-order valence-electron chi connectivity index (χ4n) is 3.68. The van der Waals surface area contributed by atoms with Gasteiger partial charge >= 0.3 is 0 Å². The molecule has 7 heteroatoms. The molecule has 2 aromatic carbocycles. The molecule has 31 heavy (non-hydrogen) atoms. The molecule has 0 aliphatic carbocycles. The Morgan fingerprint density at radius 3 is 2.45 bits per heavy atom. The number of carbonyl (C=O) groups excluding carboxylic acids is 2. The van der Waals surface area contributed by atoms with Gasteiger partial charge in [-0.3, -0.25) is 9.59 Å². The molecule has 1 aliphatic heterocycles. The van der Waals surface area contributed by atoms with E-state index in [9.17, 15) is 14.7 Å². The van der Waals surface area contributed by atoms with Crippen LogP contribution in [0, 0.1) is 0 Å². The van der Waals surface area contributed by atoms with Crippen molar-refractivity contribution in [1.29, 1.82) is 0 Å². The van der Waals surface area contributed by atoms with Crippen molar-refractivity contribution >= 4 is 17.4 Å². The lowest BCUT2D eigenvalue weighted by Crippen LogP contribution is -2.31. The Morgan fingerprint density at radius 1 is 1.06 bits per heavy atom. The minimum Gasteiger partial charge on any atom is -0.507 e. The van der Waals surface area contributed by atoms with Crippen molar-refractivity contribution in [2.75, 3.05) is 34.0 Å². The lowest BCUT2D eigenvalue weighted by atomic mass is 9.95. The highest BCUT2D eigenvalue weighted by molar-refractivity contribution is 6.46. The summed E-state index contributed by atoms with van der Waals surface area (Å²) in [7, 11) is 3.11. The van der Waals surface area contributed by atoms with E-state index in [-0.39, 0.29) is 11.3 Å². The number of hydrogen-bond acceptors (Lipinski definition) is 6. The molecule has 2 aromatic rings. The van der Waals surface area contributed by atoms with Gasteiger partial charge < -0.3 is 24.2 Å². The summed E-state index contributed by atoms with van der Waals surface area (Å²) in [5, 5.41) is 11.1. The highest BCUT2D eigenvalue weighted by atomic mass is 16.5. The lowest BCUT2D eigenvalue weighted by Gasteiger charge is -2.25. The first-order chi connectivity index (χ1) is 15.0. The quantitative estimate of drug-likeness (QED) is 0.286. The number of benzene rings is 2. The third kappa shape index (κ3) is 4.72. The number of ether oxygens (including phenoxy) is 3. The predicted molar refractivity (Wildman–Crippen MR) is 116 cm³/mol. The number of aliphatic hydroxyl groups is 1. The Morgan fingerprint density at radius 2 is 1.81 bits per heavy atom. The first-order valence-corrected chi connectivity index (χ1v) is 10.2. The van der Waals surface area contributed by atoms with Gasteiger partial charge in [0.05, 0.1) is 25.3 Å². The maximum atomic E-state index is 13.0. The predicted octanol–water partition coefficient (Wildman–Crippen LogP) is 3.55. The zero-order chi connectivity index (χ0) is 22.4. The van der Waals surface area contributed by atoms with Gasteiger partial charge in [0.2, 0.25) is 0 Å². The summed E-state index contributed by atoms with van der Waals surface area (Å²) in [6.07, 6.45) is 0.566. The fraction of sp³-hybridized carbons (Fsp3) is 0.333. The number of aliphatic hydroxyl groups excluding tert-OH is 1. The number of hydrogen-bond donors (Lipinski definition) is 1. The first kappa shape index (κ1) is 22.4. The van der Waals surface area contributed by atoms with Crippen LogP contribution in [0.25, 0.3) is 5.76 Å². The van der Waals surface area contributed by atoms with E-state index >= 15 is 0 Å². The Hall–Kier alpha value is -3.32. The molecule has 1 saturated heterocycles. The molecule has 1 heterocycles. The molecule has 1 amide bonds. The molecule has 0 bridgehead atoms. The van der Waals surface area contributed by atoms with Crippen LogP contribution in [-0.4, -0.2) is 55.7 Å². The summed E-state index contributed by atoms with van der Waals surface area (Å²) in [5.41, 5.74) is 1.18. The van der Waals surface area contributed by atoms with E-state index in [2.05, 4.69) is 0 Å². The van der Waals surface area contributed by atoms with Crippen LogP contribution >= 0.6 is 0 Å². The number of likely N-dealkylation sites (tertiary alicyclic amines) is 1. The van der Waals surface area contributed by atoms with Gasteiger partial charge in [0.1, 0.15) is 17.3 Å². The van der Waals surface area contributed by atoms with E-state index in [1.807, 2.05) is 19.1 Å². The van der Waals surface area contributed by atoms with Crippen molar-refractivity contribution in [3.8, 4) is 11.5 Å². The van der Waals surface area contributed by atoms with Crippen LogP contribution in [-0.2, 0) is 14.3 Å². The monoisotopic (exact) mass is 425 g/mol. The van der Waals surface area contributed by atoms with Crippen LogP contribution in [0.3, 0.4) is 0 Å². The van der Waals surface area contributed by atoms with E-state index in [1.54, 1.807) is 43.5 Å². The Bertz CT molecular complexity index is 966. The number of amides is 1. The van der Waals surface area contributed by atoms with E-state index < -0.39 is 17.7 Å². The minimum atomic E-state index is -0.711. The maximum absolute atomic E-state index is 13.0. The summed E-state index contributed by atoms with van der Waals surface area (Å²) < 4.78 is 15.8. The second-order valence-corrected chi connectivity index (χ2v) is 7.07. The smallest absolute Gasteiger partial charge is 0.295 e. The van der Waals surface area contributed by atoms with Gasteiger partial charge in [-0.2, -0.15) is 0 Å². The molecule has 1 N–H and O–H groups in total. The molecule has 1 fully saturated rings. The van der Waals surface area contributed by atoms with Crippen molar-refractivity contribution in [3.05, 3.63) is 65.2 Å². The molecule has 1 unspecified atom stereocenters. The molecular formula is C24H27NO6. The Kier molecular flexibility index (Phi) is 7.31. The number of nitrogens with zero attached hydrogens (tertiary/aromatic N) is 1. The molecule has 0 aromatic heterocycles. The lowest BCUT2D eigenvalue weighted by molar-refractivity contribution is -0.140. The van der Waals surface area contributed by atoms with Gasteiger partial charge in [0.15, 0.2) is 0 Å². The Labute approximate surface area is 181 Å². The second kappa shape index (κ2) is 10.1. The molecule has 3 rings (SSSR count). The molecule has 0 saturated carbocycles. The highest BCUT2D eigenvalue weighted by Crippen LogP contribution is 2.40. The standard InChI is InChI=1S/C24H27NO6/c1-4-31-18-11-9-16(10-12-18)21-20(22(26)17-7-5-8-19(15-17)30-3)23(27)24(28)25(21)13-6-14-29-2/h5,7-12,15,21,26H,4,6,13-14H2,1-3H3. The number of Topliss-reactive ketones (excluding diaryl/α,β-unsaturated/α-hetero) is 1. The number of methoxy groups -OCH3 is 2. The summed E-state index contributed by atoms with van der Waals surface area (Å²) in [5.74, 6) is -0.354. The van der Waals surface area contributed by atoms with Gasteiger partial charge in [0, 0.05) is 25.8 Å². The van der Waals surface area contributed by atoms with E-state index in [0.29, 0.717) is 48.8 Å². The number of rotatable bonds is 9. The number of carbonyl (C=O) groups is 2. The van der Waals surface area contributed by atoms with Crippen molar-refractivity contribution in [2.24, 2.45) is 0 Å². The second-order valence-electron chi connectivity index (χ2n) is 7.07. The van der Waals surface area contributed by atoms with Gasteiger partial charge in [-0.25, -0.2) is 0 Å². The number of ketones is 1. The Balaban J connectivity index is 2.09. The normalized spacial score (nSPS) is 17.8. The van der Waals surface area contributed by atoms with Crippen LogP contribution in [0.4, 0.5) is 0 Å². The maximum Gasteiger partial charge on any atom is 0.295 e. The van der Waals surface area contributed by atoms with Crippen molar-refractivity contribution in [1.82, 2.24) is 4.90 Å². The summed E-state index contributed by atoms with van der Waals surface area (Å²) in [4.78, 5) is 27.3. The van der Waals surface area contributed by atoms with Crippen molar-refractivity contribution in [2.45, 2.75) is 19.4 Å². The third-order valence-corrected chi connectivity index (χ3v) is 5.14. The average Bonchev–Trinajstić information content (AvgIpc) is 3.04. The highest BCUT2D eigenvalue weighted by Gasteiger charge is 2.45. The largest absolute Gasteiger partial charge is 0.507 e. The van der Waals surface area contributed by atoms with Crippen molar-refractivity contribution < 1.29 is 28.9 Å². The zero-order valence-electron chi connectivity index (χ0n) is 18.0. The summed E-state index contributed by atoms with van der Waals surface area (Å²) in [6.45, 7) is 3.21. The summed E-state index contributed by atoms with van der Waals surface area (Å²) in [6, 6.07) is 13.2. The SMILES string of the molecule is CCOc1ccc(C2C(=C(O)c3cccc(OC)c3)C(=O)C(=O)N2CCCOC)cc1. The van der Waals surface area contributed by atoms with Crippen LogP contribution in [0.1, 0.15) is 30.5 Å². The molecule has 0 spiro atoms. The third-order valence-electron chi connectivity index (χ3n) is 5.14. The average molecular weight is 425 g/mol. The fourth-order valence-corrected chi connectivity index (χ4v) is 3.68. The van der Waals surface area contributed by atoms with Crippen molar-refractivity contribution in [3.63, 3.8) is 0 Å². The molecule has 1 aliphatic rings. The molecule has 7 nitrogen and oxygen atoms in total. The minimum absolute atomic E-state index is 0.0554. The van der Waals surface area contributed by atoms with Gasteiger partial charge in [-0.05, 0) is 43.2 Å². The summed E-state index contributed by atoms with van der Waals surface area (Å²) >= 11 is 0.